The first-order chi connectivity index (χ1) is 2.27. The summed E-state index contributed by atoms with van der Waals surface area (Å²) in [6, 6.07) is 0. The number of allylic oxidation sites excluding steroid dienone is 1. The Morgan fingerprint density at radius 2 is 1.71 bits per heavy atom. The van der Waals surface area contributed by atoms with Crippen LogP contribution in [0, 0.1) is 0 Å². The van der Waals surface area contributed by atoms with Crippen LogP contribution in [-0.4, -0.2) is 6.29 Å². The molecule has 0 saturated heterocycles. The first-order valence-electron chi connectivity index (χ1n) is 1.38. The van der Waals surface area contributed by atoms with E-state index in [4.69, 9.17) is 0 Å². The summed E-state index contributed by atoms with van der Waals surface area (Å²) >= 11 is 0. The van der Waals surface area contributed by atoms with E-state index in [1.54, 1.807) is 6.92 Å². The van der Waals surface area contributed by atoms with Gasteiger partial charge in [0.15, 0.2) is 0 Å². The van der Waals surface area contributed by atoms with Gasteiger partial charge in [-0.15, -0.1) is 24.8 Å². The van der Waals surface area contributed by atoms with Gasteiger partial charge < -0.3 is 0 Å². The van der Waals surface area contributed by atoms with E-state index in [-0.39, 0.29) is 24.8 Å². The van der Waals surface area contributed by atoms with Crippen LogP contribution < -0.4 is 0 Å². The molecule has 0 heterocycles. The number of hydrogen-bond donors (Lipinski definition) is 0. The minimum Gasteiger partial charge on any atom is -0.298 e. The second kappa shape index (κ2) is 9.37. The normalized spacial score (nSPS) is 4.71. The van der Waals surface area contributed by atoms with Crippen LogP contribution in [0.2, 0.25) is 0 Å². The molecule has 0 aromatic carbocycles. The van der Waals surface area contributed by atoms with Crippen molar-refractivity contribution in [2.75, 3.05) is 0 Å². The van der Waals surface area contributed by atoms with Gasteiger partial charge in [0.25, 0.3) is 0 Å². The summed E-state index contributed by atoms with van der Waals surface area (Å²) in [6.07, 6.45) is 0.722. The van der Waals surface area contributed by atoms with Gasteiger partial charge in [-0.3, -0.25) is 4.79 Å². The number of carbonyl (C=O) groups is 1. The molecule has 0 radical (unpaired) electrons. The van der Waals surface area contributed by atoms with Gasteiger partial charge in [0.05, 0.1) is 0 Å². The van der Waals surface area contributed by atoms with Gasteiger partial charge in [-0.05, 0) is 12.5 Å². The standard InChI is InChI=1S/C4H6O.2ClH/c1-4(2)3-5;;/h3H,1H2,2H3;2*1H. The molecule has 0 bridgehead atoms. The Hall–Kier alpha value is -0.0100. The summed E-state index contributed by atoms with van der Waals surface area (Å²) in [6.45, 7) is 4.97. The highest BCUT2D eigenvalue weighted by molar-refractivity contribution is 5.85. The number of rotatable bonds is 1. The zero-order valence-corrected chi connectivity index (χ0v) is 5.64. The van der Waals surface area contributed by atoms with Crippen molar-refractivity contribution in [2.45, 2.75) is 6.92 Å². The SMILES string of the molecule is C=C(C)C=O.Cl.Cl. The third-order valence-electron chi connectivity index (χ3n) is 0.201. The topological polar surface area (TPSA) is 17.1 Å². The first-order valence-corrected chi connectivity index (χ1v) is 1.38. The Bertz CT molecular complexity index is 60.7. The number of hydrogen-bond acceptors (Lipinski definition) is 1. The lowest BCUT2D eigenvalue weighted by atomic mass is 10.4. The van der Waals surface area contributed by atoms with E-state index < -0.39 is 0 Å². The molecule has 0 amide bonds. The number of halogens is 2. The molecule has 0 aliphatic heterocycles. The molecule has 3 heteroatoms. The fourth-order valence-corrected chi connectivity index (χ4v) is 0. The van der Waals surface area contributed by atoms with Gasteiger partial charge in [-0.2, -0.15) is 0 Å². The molecule has 0 fully saturated rings. The summed E-state index contributed by atoms with van der Waals surface area (Å²) in [5, 5.41) is 0. The molecule has 0 atom stereocenters. The van der Waals surface area contributed by atoms with E-state index in [9.17, 15) is 4.79 Å². The molecule has 7 heavy (non-hydrogen) atoms. The molecule has 0 unspecified atom stereocenters. The number of aldehydes is 1. The van der Waals surface area contributed by atoms with Gasteiger partial charge in [0.1, 0.15) is 6.29 Å². The van der Waals surface area contributed by atoms with Crippen molar-refractivity contribution in [3.8, 4) is 0 Å². The van der Waals surface area contributed by atoms with Crippen molar-refractivity contribution < 1.29 is 4.79 Å². The van der Waals surface area contributed by atoms with Crippen LogP contribution in [0.4, 0.5) is 0 Å². The van der Waals surface area contributed by atoms with Gasteiger partial charge in [0.2, 0.25) is 0 Å². The van der Waals surface area contributed by atoms with Crippen molar-refractivity contribution >= 4 is 31.1 Å². The van der Waals surface area contributed by atoms with Crippen molar-refractivity contribution in [2.24, 2.45) is 0 Å². The van der Waals surface area contributed by atoms with E-state index in [0.717, 1.165) is 6.29 Å². The quantitative estimate of drug-likeness (QED) is 0.402. The zero-order valence-electron chi connectivity index (χ0n) is 4.01. The Balaban J connectivity index is -0.0000000800. The highest BCUT2D eigenvalue weighted by Crippen LogP contribution is 1.70. The molecule has 0 aliphatic carbocycles. The molecule has 44 valence electrons. The highest BCUT2D eigenvalue weighted by atomic mass is 35.5. The maximum atomic E-state index is 9.41. The summed E-state index contributed by atoms with van der Waals surface area (Å²) in [5.74, 6) is 0. The Morgan fingerprint density at radius 3 is 1.71 bits per heavy atom. The lowest BCUT2D eigenvalue weighted by molar-refractivity contribution is -0.104. The van der Waals surface area contributed by atoms with Crippen LogP contribution in [0.3, 0.4) is 0 Å². The highest BCUT2D eigenvalue weighted by Gasteiger charge is 1.66. The lowest BCUT2D eigenvalue weighted by Crippen LogP contribution is -1.65. The lowest BCUT2D eigenvalue weighted by Gasteiger charge is -1.65. The van der Waals surface area contributed by atoms with E-state index in [0.29, 0.717) is 5.57 Å². The van der Waals surface area contributed by atoms with Crippen molar-refractivity contribution in [1.82, 2.24) is 0 Å². The molecule has 0 rings (SSSR count). The third-order valence-corrected chi connectivity index (χ3v) is 0.201. The van der Waals surface area contributed by atoms with Crippen molar-refractivity contribution in [3.63, 3.8) is 0 Å². The van der Waals surface area contributed by atoms with Crippen molar-refractivity contribution in [1.29, 1.82) is 0 Å². The zero-order chi connectivity index (χ0) is 4.28. The van der Waals surface area contributed by atoms with Gasteiger partial charge >= 0.3 is 0 Å². The minimum absolute atomic E-state index is 0. The van der Waals surface area contributed by atoms with E-state index in [2.05, 4.69) is 6.58 Å². The van der Waals surface area contributed by atoms with Gasteiger partial charge in [0, 0.05) is 0 Å². The van der Waals surface area contributed by atoms with Crippen LogP contribution in [0.25, 0.3) is 0 Å². The molecule has 0 N–H and O–H groups in total. The van der Waals surface area contributed by atoms with E-state index in [1.165, 1.54) is 0 Å². The predicted octanol–water partition coefficient (Wildman–Crippen LogP) is 1.61. The summed E-state index contributed by atoms with van der Waals surface area (Å²) < 4.78 is 0. The Morgan fingerprint density at radius 1 is 1.57 bits per heavy atom. The molecule has 0 spiro atoms. The van der Waals surface area contributed by atoms with Crippen LogP contribution in [0.1, 0.15) is 6.92 Å². The van der Waals surface area contributed by atoms with Crippen LogP contribution >= 0.6 is 24.8 Å². The smallest absolute Gasteiger partial charge is 0.145 e. The molecule has 0 aliphatic rings. The molecule has 0 aromatic rings. The molecular formula is C4H8Cl2O. The van der Waals surface area contributed by atoms with Crippen LogP contribution in [0.15, 0.2) is 12.2 Å². The van der Waals surface area contributed by atoms with Gasteiger partial charge in [-0.25, -0.2) is 0 Å². The molecule has 0 saturated carbocycles. The van der Waals surface area contributed by atoms with Crippen molar-refractivity contribution in [3.05, 3.63) is 12.2 Å². The molecular weight excluding hydrogens is 135 g/mol. The second-order valence-electron chi connectivity index (χ2n) is 0.964. The maximum absolute atomic E-state index is 9.41. The van der Waals surface area contributed by atoms with E-state index >= 15 is 0 Å². The van der Waals surface area contributed by atoms with Crippen LogP contribution in [-0.2, 0) is 4.79 Å². The molecule has 0 aromatic heterocycles. The summed E-state index contributed by atoms with van der Waals surface area (Å²) in [4.78, 5) is 9.41. The number of carbonyl (C=O) groups excluding carboxylic acids is 1. The fourth-order valence-electron chi connectivity index (χ4n) is 0. The average molecular weight is 143 g/mol. The predicted molar refractivity (Wildman–Crippen MR) is 35.4 cm³/mol. The maximum Gasteiger partial charge on any atom is 0.145 e. The van der Waals surface area contributed by atoms with E-state index in [1.807, 2.05) is 0 Å². The van der Waals surface area contributed by atoms with Gasteiger partial charge in [-0.1, -0.05) is 6.58 Å². The molecule has 1 nitrogen and oxygen atoms in total. The largest absolute Gasteiger partial charge is 0.298 e. The van der Waals surface area contributed by atoms with Crippen LogP contribution in [0.5, 0.6) is 0 Å². The minimum atomic E-state index is 0. The fraction of sp³-hybridized carbons (Fsp3) is 0.250. The average Bonchev–Trinajstić information content (AvgIpc) is 1.38. The monoisotopic (exact) mass is 142 g/mol. The summed E-state index contributed by atoms with van der Waals surface area (Å²) in [7, 11) is 0. The Labute approximate surface area is 55.6 Å². The first kappa shape index (κ1) is 15.8. The third kappa shape index (κ3) is 24.1. The summed E-state index contributed by atoms with van der Waals surface area (Å²) in [5.41, 5.74) is 0.574. The second-order valence-corrected chi connectivity index (χ2v) is 0.964. The Kier molecular flexibility index (Phi) is 21.1.